The third-order valence-corrected chi connectivity index (χ3v) is 12.4. The first-order valence-electron chi connectivity index (χ1n) is 27.5. The van der Waals surface area contributed by atoms with Gasteiger partial charge in [-0.2, -0.15) is 0 Å². The van der Waals surface area contributed by atoms with Crippen LogP contribution in [0.1, 0.15) is 119 Å². The minimum Gasteiger partial charge on any atom is -0.756 e. The Labute approximate surface area is 502 Å². The predicted octanol–water partition coefficient (Wildman–Crippen LogP) is -4.78. The van der Waals surface area contributed by atoms with Crippen LogP contribution in [-0.4, -0.2) is 210 Å². The van der Waals surface area contributed by atoms with Gasteiger partial charge in [-0.05, 0) is 57.3 Å². The summed E-state index contributed by atoms with van der Waals surface area (Å²) in [6.07, 6.45) is 5.67. The molecule has 0 aromatic heterocycles. The van der Waals surface area contributed by atoms with Crippen molar-refractivity contribution in [2.45, 2.75) is 161 Å². The summed E-state index contributed by atoms with van der Waals surface area (Å²) in [5.74, 6) is -15.4. The van der Waals surface area contributed by atoms with Crippen molar-refractivity contribution in [2.24, 2.45) is 5.92 Å². The molecule has 7 unspecified atom stereocenters. The summed E-state index contributed by atoms with van der Waals surface area (Å²) in [5, 5.41) is 79.5. The van der Waals surface area contributed by atoms with Crippen LogP contribution in [0.5, 0.6) is 0 Å². The molecule has 85 heavy (non-hydrogen) atoms. The molecule has 1 radical (unpaired) electrons. The molecule has 34 heteroatoms. The molecule has 1 fully saturated rings. The van der Waals surface area contributed by atoms with Gasteiger partial charge in [0.1, 0.15) is 55.4 Å². The molecule has 0 aliphatic carbocycles. The zero-order valence-corrected chi connectivity index (χ0v) is 49.7. The molecule has 13 amide bonds. The van der Waals surface area contributed by atoms with E-state index in [4.69, 9.17) is 4.74 Å². The average Bonchev–Trinajstić information content (AvgIpc) is 3.57. The van der Waals surface area contributed by atoms with Crippen molar-refractivity contribution in [1.82, 2.24) is 68.4 Å². The molecule has 1 saturated heterocycles. The number of ether oxygens (including phenoxy) is 1. The van der Waals surface area contributed by atoms with Gasteiger partial charge in [-0.25, -0.2) is 0 Å². The molecular formula is C51H82FeN13O20. The quantitative estimate of drug-likeness (QED) is 0.0150. The molecule has 1 aliphatic rings. The topological polar surface area (TPSA) is 488 Å². The summed E-state index contributed by atoms with van der Waals surface area (Å²) in [4.78, 5) is 183. The zero-order valence-electron chi connectivity index (χ0n) is 48.6. The number of carbonyl (C=O) groups is 14. The number of amides is 13. The van der Waals surface area contributed by atoms with Crippen molar-refractivity contribution < 1.29 is 99.1 Å². The summed E-state index contributed by atoms with van der Waals surface area (Å²) in [6.45, 7) is 0.578. The smallest absolute Gasteiger partial charge is 0.756 e. The van der Waals surface area contributed by atoms with Crippen molar-refractivity contribution in [2.75, 3.05) is 59.1 Å². The first-order chi connectivity index (χ1) is 39.6. The second kappa shape index (κ2) is 42.4. The van der Waals surface area contributed by atoms with Crippen molar-refractivity contribution in [3.8, 4) is 0 Å². The van der Waals surface area contributed by atoms with Gasteiger partial charge in [-0.3, -0.25) is 67.1 Å². The van der Waals surface area contributed by atoms with Gasteiger partial charge in [0, 0.05) is 46.8 Å². The number of unbranched alkanes of at least 4 members (excludes halogenated alkanes) is 4. The van der Waals surface area contributed by atoms with Crippen molar-refractivity contribution in [3.63, 3.8) is 0 Å². The molecule has 1 rings (SSSR count). The third-order valence-electron chi connectivity index (χ3n) is 12.4. The Morgan fingerprint density at radius 1 is 0.553 bits per heavy atom. The minimum absolute atomic E-state index is 0. The van der Waals surface area contributed by atoms with Crippen LogP contribution in [0, 0.1) is 21.5 Å². The fourth-order valence-corrected chi connectivity index (χ4v) is 7.59. The van der Waals surface area contributed by atoms with Crippen LogP contribution in [-0.2, 0) is 88.9 Å². The van der Waals surface area contributed by atoms with Crippen LogP contribution < -0.4 is 53.2 Å². The van der Waals surface area contributed by atoms with Gasteiger partial charge in [0.2, 0.25) is 76.8 Å². The molecule has 0 spiro atoms. The number of hydrogen-bond acceptors (Lipinski definition) is 20. The third kappa shape index (κ3) is 31.9. The molecule has 7 atom stereocenters. The second-order valence-electron chi connectivity index (χ2n) is 19.8. The zero-order chi connectivity index (χ0) is 63.5. The summed E-state index contributed by atoms with van der Waals surface area (Å²) in [5.41, 5.74) is 0. The first-order valence-corrected chi connectivity index (χ1v) is 27.5. The van der Waals surface area contributed by atoms with E-state index in [1.165, 1.54) is 13.8 Å². The number of allylic oxidation sites excluding steroid dienone is 1. The Morgan fingerprint density at radius 2 is 0.965 bits per heavy atom. The van der Waals surface area contributed by atoms with E-state index in [0.29, 0.717) is 6.42 Å². The molecule has 479 valence electrons. The van der Waals surface area contributed by atoms with Gasteiger partial charge >= 0.3 is 23.0 Å². The maximum absolute atomic E-state index is 14.0. The SMILES string of the molecule is CCCCCC/C=C/CC(=O)NC1COC(=O)CNC(=O)C(CCCN([O-])C(C)=O)NC(=O)CNC(=O)C(CO)NC(=O)C(CCCN([O-])C(C)=O)NC(=O)C(CO)NC(=O)C(C(C)C)NC(=O)CNC(=O)C(CCCN([O-])C(C)=O)NC1=O.[Fe+3]. The van der Waals surface area contributed by atoms with Crippen LogP contribution in [0.2, 0.25) is 0 Å². The van der Waals surface area contributed by atoms with Gasteiger partial charge < -0.3 is 98.9 Å². The average molecular weight is 1250 g/mol. The van der Waals surface area contributed by atoms with Crippen molar-refractivity contribution >= 4 is 82.8 Å². The number of aliphatic hydroxyl groups is 2. The Bertz CT molecular complexity index is 2300. The van der Waals surface area contributed by atoms with E-state index in [2.05, 4.69) is 53.2 Å². The molecule has 0 aromatic rings. The van der Waals surface area contributed by atoms with E-state index in [9.17, 15) is 93.0 Å². The number of aliphatic hydroxyl groups excluding tert-OH is 2. The Morgan fingerprint density at radius 3 is 1.45 bits per heavy atom. The van der Waals surface area contributed by atoms with Crippen LogP contribution >= 0.6 is 0 Å². The van der Waals surface area contributed by atoms with E-state index < -0.39 is 196 Å². The number of nitrogens with zero attached hydrogens (tertiary/aromatic N) is 3. The number of rotatable bonds is 23. The van der Waals surface area contributed by atoms with Gasteiger partial charge in [-0.1, -0.05) is 52.2 Å². The summed E-state index contributed by atoms with van der Waals surface area (Å²) < 4.78 is 5.26. The van der Waals surface area contributed by atoms with E-state index in [0.717, 1.165) is 46.5 Å². The molecule has 1 heterocycles. The molecule has 33 nitrogen and oxygen atoms in total. The summed E-state index contributed by atoms with van der Waals surface area (Å²) >= 11 is 0. The second-order valence-corrected chi connectivity index (χ2v) is 19.8. The molecule has 0 bridgehead atoms. The van der Waals surface area contributed by atoms with Crippen LogP contribution in [0.4, 0.5) is 0 Å². The van der Waals surface area contributed by atoms with E-state index in [1.54, 1.807) is 12.2 Å². The van der Waals surface area contributed by atoms with Gasteiger partial charge in [0.25, 0.3) is 0 Å². The van der Waals surface area contributed by atoms with Crippen molar-refractivity contribution in [3.05, 3.63) is 27.8 Å². The Balaban J connectivity index is 0.0000706. The standard InChI is InChI=1S/C51H82N13O20.Fe/c1-7-8-9-10-11-12-13-20-40(70)56-39-29-84-43(73)26-54-45(74)34(17-14-21-62(81)31(4)67)55-41(71)24-53-47(76)37(27-65)59-48(77)36(19-16-23-64(83)33(6)69)58-49(78)38(28-66)60-51(80)44(30(2)3)61-42(72)25-52-46(75)35(57-50(39)79)18-15-22-63(82)32(5)68;/h12-13,30,34-39,44,65-66H,7-11,14-29H2,1-6H3,(H,52,75)(H,53,76)(H,54,74)(H,55,71)(H,56,70)(H,57,79)(H,58,78)(H,59,77)(H,60,80)(H,61,72);/q-3;+3/b13-12+;. The number of cyclic esters (lactones) is 1. The maximum Gasteiger partial charge on any atom is 3.00 e. The Kier molecular flexibility index (Phi) is 38.8. The molecule has 0 saturated carbocycles. The first kappa shape index (κ1) is 77.6. The van der Waals surface area contributed by atoms with Crippen LogP contribution in [0.3, 0.4) is 0 Å². The van der Waals surface area contributed by atoms with Crippen LogP contribution in [0.15, 0.2) is 12.2 Å². The number of esters is 1. The van der Waals surface area contributed by atoms with Gasteiger partial charge in [0.05, 0.1) is 26.3 Å². The van der Waals surface area contributed by atoms with Gasteiger partial charge in [0.15, 0.2) is 0 Å². The molecule has 1 aliphatic heterocycles. The van der Waals surface area contributed by atoms with Crippen molar-refractivity contribution in [1.29, 1.82) is 0 Å². The van der Waals surface area contributed by atoms with E-state index in [1.807, 2.05) is 6.92 Å². The Hall–Kier alpha value is -7.36. The number of hydroxylamine groups is 6. The molecular weight excluding hydrogens is 1170 g/mol. The number of carbonyl (C=O) groups excluding carboxylic acids is 14. The molecule has 0 aromatic carbocycles. The fraction of sp³-hybridized carbons (Fsp3) is 0.686. The summed E-state index contributed by atoms with van der Waals surface area (Å²) in [6, 6.07) is -11.9. The normalized spacial score (nSPS) is 21.5. The van der Waals surface area contributed by atoms with E-state index in [-0.39, 0.29) is 70.8 Å². The number of hydrogen-bond donors (Lipinski definition) is 12. The number of nitrogens with one attached hydrogen (secondary N) is 10. The van der Waals surface area contributed by atoms with Crippen LogP contribution in [0.25, 0.3) is 0 Å². The maximum atomic E-state index is 14.0. The molecule has 12 N–H and O–H groups in total. The van der Waals surface area contributed by atoms with Gasteiger partial charge in [-0.15, -0.1) is 0 Å². The minimum atomic E-state index is -1.86. The van der Waals surface area contributed by atoms with E-state index >= 15 is 0 Å². The summed E-state index contributed by atoms with van der Waals surface area (Å²) in [7, 11) is 0. The largest absolute Gasteiger partial charge is 3.00 e. The predicted molar refractivity (Wildman–Crippen MR) is 295 cm³/mol. The fourth-order valence-electron chi connectivity index (χ4n) is 7.59. The monoisotopic (exact) mass is 1250 g/mol.